The molecule has 0 bridgehead atoms. The number of ether oxygens (including phenoxy) is 2. The zero-order valence-corrected chi connectivity index (χ0v) is 17.0. The Kier molecular flexibility index (Phi) is 7.26. The van der Waals surface area contributed by atoms with Gasteiger partial charge in [0, 0.05) is 19.1 Å². The summed E-state index contributed by atoms with van der Waals surface area (Å²) in [6.45, 7) is 1.98. The predicted octanol–water partition coefficient (Wildman–Crippen LogP) is 1.92. The van der Waals surface area contributed by atoms with E-state index in [4.69, 9.17) is 9.47 Å². The first-order chi connectivity index (χ1) is 14.2. The highest BCUT2D eigenvalue weighted by Gasteiger charge is 2.30. The van der Waals surface area contributed by atoms with Gasteiger partial charge in [0.1, 0.15) is 11.9 Å². The van der Waals surface area contributed by atoms with Crippen molar-refractivity contribution < 1.29 is 19.7 Å². The van der Waals surface area contributed by atoms with Crippen molar-refractivity contribution in [2.75, 3.05) is 20.2 Å². The second-order valence-electron chi connectivity index (χ2n) is 7.20. The van der Waals surface area contributed by atoms with Crippen LogP contribution < -0.4 is 15.4 Å². The third kappa shape index (κ3) is 5.08. The standard InChI is InChI=1S/C22H26N4O3.H2O/c1-28-17-8-6-16(7-9-17)14-19-21(10-11-23-19)29-22(27)24-12-13-26-15-25-18-4-2-3-5-20(18)26;/h2-9,15,19,21,23H,10-14H2,1H3,(H,24,27);1H2/t19-,21-;/m1./s1. The molecule has 1 amide bonds. The van der Waals surface area contributed by atoms with E-state index in [2.05, 4.69) is 15.6 Å². The second kappa shape index (κ2) is 10.1. The Hall–Kier alpha value is -3.10. The van der Waals surface area contributed by atoms with Crippen molar-refractivity contribution in [3.05, 3.63) is 60.4 Å². The molecule has 160 valence electrons. The SMILES string of the molecule is COc1ccc(C[C@H]2NCC[C@H]2OC(=O)NCCn2cnc3ccccc32)cc1.O. The normalized spacial score (nSPS) is 18.0. The van der Waals surface area contributed by atoms with Crippen LogP contribution >= 0.6 is 0 Å². The number of benzene rings is 2. The number of methoxy groups -OCH3 is 1. The number of carbonyl (C=O) groups excluding carboxylic acids is 1. The Balaban J connectivity index is 0.00000256. The first-order valence-corrected chi connectivity index (χ1v) is 9.93. The van der Waals surface area contributed by atoms with E-state index in [1.54, 1.807) is 13.4 Å². The Morgan fingerprint density at radius 2 is 2.03 bits per heavy atom. The molecule has 8 heteroatoms. The van der Waals surface area contributed by atoms with Gasteiger partial charge in [-0.15, -0.1) is 0 Å². The number of hydrogen-bond donors (Lipinski definition) is 2. The summed E-state index contributed by atoms with van der Waals surface area (Å²) in [5.41, 5.74) is 3.20. The van der Waals surface area contributed by atoms with Gasteiger partial charge >= 0.3 is 6.09 Å². The van der Waals surface area contributed by atoms with Crippen LogP contribution in [0.4, 0.5) is 4.79 Å². The molecule has 30 heavy (non-hydrogen) atoms. The lowest BCUT2D eigenvalue weighted by Crippen LogP contribution is -2.38. The summed E-state index contributed by atoms with van der Waals surface area (Å²) in [5.74, 6) is 0.839. The van der Waals surface area contributed by atoms with E-state index in [9.17, 15) is 4.79 Å². The summed E-state index contributed by atoms with van der Waals surface area (Å²) in [4.78, 5) is 16.6. The van der Waals surface area contributed by atoms with Gasteiger partial charge in [-0.1, -0.05) is 24.3 Å². The fourth-order valence-corrected chi connectivity index (χ4v) is 3.75. The van der Waals surface area contributed by atoms with Crippen LogP contribution in [-0.2, 0) is 17.7 Å². The van der Waals surface area contributed by atoms with Crippen LogP contribution in [0.25, 0.3) is 11.0 Å². The van der Waals surface area contributed by atoms with Gasteiger partial charge in [-0.2, -0.15) is 0 Å². The Morgan fingerprint density at radius 1 is 1.23 bits per heavy atom. The van der Waals surface area contributed by atoms with Crippen molar-refractivity contribution in [2.24, 2.45) is 0 Å². The minimum atomic E-state index is -0.372. The number of nitrogens with one attached hydrogen (secondary N) is 2. The largest absolute Gasteiger partial charge is 0.497 e. The number of para-hydroxylation sites is 2. The second-order valence-corrected chi connectivity index (χ2v) is 7.20. The molecule has 0 saturated carbocycles. The minimum Gasteiger partial charge on any atom is -0.497 e. The lowest BCUT2D eigenvalue weighted by Gasteiger charge is -2.20. The van der Waals surface area contributed by atoms with Gasteiger partial charge in [0.05, 0.1) is 24.5 Å². The molecule has 2 heterocycles. The van der Waals surface area contributed by atoms with Crippen LogP contribution in [0.3, 0.4) is 0 Å². The minimum absolute atomic E-state index is 0. The zero-order valence-electron chi connectivity index (χ0n) is 17.0. The van der Waals surface area contributed by atoms with E-state index in [1.807, 2.05) is 53.1 Å². The van der Waals surface area contributed by atoms with Crippen molar-refractivity contribution in [1.82, 2.24) is 20.2 Å². The lowest BCUT2D eigenvalue weighted by atomic mass is 10.0. The summed E-state index contributed by atoms with van der Waals surface area (Å²) in [6.07, 6.45) is 2.92. The van der Waals surface area contributed by atoms with E-state index >= 15 is 0 Å². The Morgan fingerprint density at radius 3 is 2.83 bits per heavy atom. The predicted molar refractivity (Wildman–Crippen MR) is 115 cm³/mol. The molecule has 1 fully saturated rings. The van der Waals surface area contributed by atoms with Crippen molar-refractivity contribution in [1.29, 1.82) is 0 Å². The Bertz CT molecular complexity index is 957. The number of aromatic nitrogens is 2. The number of alkyl carbamates (subject to hydrolysis) is 1. The number of carbonyl (C=O) groups is 1. The molecule has 1 aliphatic heterocycles. The molecule has 1 aromatic heterocycles. The van der Waals surface area contributed by atoms with Crippen LogP contribution in [0.2, 0.25) is 0 Å². The molecule has 1 aliphatic rings. The molecule has 1 saturated heterocycles. The molecule has 3 aromatic rings. The Labute approximate surface area is 175 Å². The molecular weight excluding hydrogens is 384 g/mol. The zero-order chi connectivity index (χ0) is 20.1. The van der Waals surface area contributed by atoms with Gasteiger partial charge in [-0.3, -0.25) is 0 Å². The van der Waals surface area contributed by atoms with Gasteiger partial charge in [0.15, 0.2) is 0 Å². The average molecular weight is 412 g/mol. The summed E-state index contributed by atoms with van der Waals surface area (Å²) in [5, 5.41) is 6.30. The molecule has 4 N–H and O–H groups in total. The van der Waals surface area contributed by atoms with E-state index in [-0.39, 0.29) is 23.7 Å². The first kappa shape index (κ1) is 21.6. The number of rotatable bonds is 7. The van der Waals surface area contributed by atoms with Crippen molar-refractivity contribution in [2.45, 2.75) is 31.5 Å². The molecule has 2 atom stereocenters. The highest BCUT2D eigenvalue weighted by molar-refractivity contribution is 5.75. The summed E-state index contributed by atoms with van der Waals surface area (Å²) in [6, 6.07) is 16.1. The molecular formula is C22H28N4O4. The van der Waals surface area contributed by atoms with Gasteiger partial charge in [0.25, 0.3) is 0 Å². The maximum atomic E-state index is 12.3. The lowest BCUT2D eigenvalue weighted by molar-refractivity contribution is 0.0899. The molecule has 0 radical (unpaired) electrons. The average Bonchev–Trinajstić information content (AvgIpc) is 3.36. The molecule has 0 spiro atoms. The fourth-order valence-electron chi connectivity index (χ4n) is 3.75. The van der Waals surface area contributed by atoms with Crippen LogP contribution in [0.15, 0.2) is 54.9 Å². The van der Waals surface area contributed by atoms with Crippen LogP contribution in [0, 0.1) is 0 Å². The highest BCUT2D eigenvalue weighted by atomic mass is 16.6. The molecule has 2 aromatic carbocycles. The molecule has 0 aliphatic carbocycles. The van der Waals surface area contributed by atoms with Gasteiger partial charge in [-0.05, 0) is 49.2 Å². The van der Waals surface area contributed by atoms with Crippen molar-refractivity contribution in [3.63, 3.8) is 0 Å². The van der Waals surface area contributed by atoms with Gasteiger partial charge < -0.3 is 30.2 Å². The fraction of sp³-hybridized carbons (Fsp3) is 0.364. The van der Waals surface area contributed by atoms with Crippen molar-refractivity contribution in [3.8, 4) is 5.75 Å². The molecule has 0 unspecified atom stereocenters. The summed E-state index contributed by atoms with van der Waals surface area (Å²) in [7, 11) is 1.66. The summed E-state index contributed by atoms with van der Waals surface area (Å²) < 4.78 is 12.9. The molecule has 4 rings (SSSR count). The maximum Gasteiger partial charge on any atom is 0.407 e. The topological polar surface area (TPSA) is 109 Å². The van der Waals surface area contributed by atoms with Gasteiger partial charge in [0.2, 0.25) is 0 Å². The molecule has 8 nitrogen and oxygen atoms in total. The van der Waals surface area contributed by atoms with E-state index in [0.29, 0.717) is 13.1 Å². The smallest absolute Gasteiger partial charge is 0.407 e. The van der Waals surface area contributed by atoms with E-state index < -0.39 is 0 Å². The third-order valence-corrected chi connectivity index (χ3v) is 5.31. The number of imidazole rings is 1. The quantitative estimate of drug-likeness (QED) is 0.616. The van der Waals surface area contributed by atoms with E-state index in [1.165, 1.54) is 5.56 Å². The number of nitrogens with zero attached hydrogens (tertiary/aromatic N) is 2. The van der Waals surface area contributed by atoms with Crippen molar-refractivity contribution >= 4 is 17.1 Å². The summed E-state index contributed by atoms with van der Waals surface area (Å²) >= 11 is 0. The maximum absolute atomic E-state index is 12.3. The van der Waals surface area contributed by atoms with Crippen LogP contribution in [-0.4, -0.2) is 53.5 Å². The number of amides is 1. The third-order valence-electron chi connectivity index (χ3n) is 5.31. The highest BCUT2D eigenvalue weighted by Crippen LogP contribution is 2.19. The van der Waals surface area contributed by atoms with E-state index in [0.717, 1.165) is 36.2 Å². The monoisotopic (exact) mass is 412 g/mol. The first-order valence-electron chi connectivity index (χ1n) is 9.93. The van der Waals surface area contributed by atoms with Gasteiger partial charge in [-0.25, -0.2) is 9.78 Å². The van der Waals surface area contributed by atoms with Crippen LogP contribution in [0.5, 0.6) is 5.75 Å². The van der Waals surface area contributed by atoms with Crippen LogP contribution in [0.1, 0.15) is 12.0 Å². The number of fused-ring (bicyclic) bond motifs is 1. The number of hydrogen-bond acceptors (Lipinski definition) is 5.